The Bertz CT molecular complexity index is 1210. The molecular weight excluding hydrogens is 452 g/mol. The van der Waals surface area contributed by atoms with E-state index in [1.165, 1.54) is 4.31 Å². The fraction of sp³-hybridized carbons (Fsp3) is 0.269. The lowest BCUT2D eigenvalue weighted by Gasteiger charge is -2.31. The third-order valence-corrected chi connectivity index (χ3v) is 7.52. The summed E-state index contributed by atoms with van der Waals surface area (Å²) in [6, 6.07) is 22.9. The van der Waals surface area contributed by atoms with Crippen molar-refractivity contribution in [2.24, 2.45) is 5.92 Å². The zero-order valence-corrected chi connectivity index (χ0v) is 19.8. The minimum absolute atomic E-state index is 0.128. The first kappa shape index (κ1) is 23.8. The number of para-hydroxylation sites is 3. The summed E-state index contributed by atoms with van der Waals surface area (Å²) in [4.78, 5) is 13.3. The Balaban J connectivity index is 1.45. The van der Waals surface area contributed by atoms with E-state index in [-0.39, 0.29) is 17.3 Å². The van der Waals surface area contributed by atoms with Gasteiger partial charge >= 0.3 is 0 Å². The van der Waals surface area contributed by atoms with Crippen LogP contribution in [0.25, 0.3) is 0 Å². The summed E-state index contributed by atoms with van der Waals surface area (Å²) in [6.07, 6.45) is 1.22. The van der Waals surface area contributed by atoms with Crippen molar-refractivity contribution >= 4 is 21.6 Å². The summed E-state index contributed by atoms with van der Waals surface area (Å²) < 4.78 is 39.1. The van der Waals surface area contributed by atoms with Crippen molar-refractivity contribution in [1.29, 1.82) is 0 Å². The Morgan fingerprint density at radius 1 is 0.971 bits per heavy atom. The molecule has 1 aliphatic rings. The fourth-order valence-corrected chi connectivity index (χ4v) is 5.43. The molecular formula is C26H28N2O5S. The van der Waals surface area contributed by atoms with Crippen LogP contribution >= 0.6 is 0 Å². The van der Waals surface area contributed by atoms with E-state index >= 15 is 0 Å². The second-order valence-corrected chi connectivity index (χ2v) is 9.95. The van der Waals surface area contributed by atoms with Crippen molar-refractivity contribution < 1.29 is 22.7 Å². The second kappa shape index (κ2) is 10.7. The van der Waals surface area contributed by atoms with E-state index in [9.17, 15) is 13.2 Å². The molecule has 1 atom stereocenters. The van der Waals surface area contributed by atoms with Gasteiger partial charge in [0, 0.05) is 13.1 Å². The Kier molecular flexibility index (Phi) is 7.49. The number of carbonyl (C=O) groups excluding carboxylic acids is 1. The van der Waals surface area contributed by atoms with Gasteiger partial charge in [0.2, 0.25) is 15.9 Å². The molecule has 1 aliphatic heterocycles. The molecule has 1 saturated heterocycles. The highest BCUT2D eigenvalue weighted by Gasteiger charge is 2.33. The van der Waals surface area contributed by atoms with Gasteiger partial charge in [-0.25, -0.2) is 8.42 Å². The minimum atomic E-state index is -3.71. The van der Waals surface area contributed by atoms with Crippen molar-refractivity contribution in [3.8, 4) is 17.2 Å². The quantitative estimate of drug-likeness (QED) is 0.495. The van der Waals surface area contributed by atoms with Crippen molar-refractivity contribution in [3.05, 3.63) is 78.9 Å². The average Bonchev–Trinajstić information content (AvgIpc) is 2.86. The predicted molar refractivity (Wildman–Crippen MR) is 131 cm³/mol. The number of nitrogens with one attached hydrogen (secondary N) is 1. The third kappa shape index (κ3) is 5.58. The SMILES string of the molecule is CCOc1ccc(S(=O)(=O)N2CCC[C@@H](C(=O)Nc3ccccc3Oc3ccccc3)C2)cc1. The lowest BCUT2D eigenvalue weighted by Crippen LogP contribution is -2.43. The Morgan fingerprint density at radius 3 is 2.41 bits per heavy atom. The molecule has 7 nitrogen and oxygen atoms in total. The summed E-state index contributed by atoms with van der Waals surface area (Å²) in [6.45, 7) is 2.89. The highest BCUT2D eigenvalue weighted by atomic mass is 32.2. The molecule has 0 bridgehead atoms. The zero-order valence-electron chi connectivity index (χ0n) is 19.0. The number of carbonyl (C=O) groups is 1. The molecule has 8 heteroatoms. The van der Waals surface area contributed by atoms with Gasteiger partial charge in [-0.05, 0) is 68.3 Å². The fourth-order valence-electron chi connectivity index (χ4n) is 3.91. The highest BCUT2D eigenvalue weighted by Crippen LogP contribution is 2.31. The third-order valence-electron chi connectivity index (χ3n) is 5.64. The standard InChI is InChI=1S/C26H28N2O5S/c1-2-32-21-14-16-23(17-15-21)34(30,31)28-18-8-9-20(19-28)26(29)27-24-12-6-7-13-25(24)33-22-10-4-3-5-11-22/h3-7,10-17,20H,2,8-9,18-19H2,1H3,(H,27,29)/t20-/m1/s1. The molecule has 0 aromatic heterocycles. The van der Waals surface area contributed by atoms with Gasteiger partial charge < -0.3 is 14.8 Å². The van der Waals surface area contributed by atoms with Crippen LogP contribution in [0.4, 0.5) is 5.69 Å². The maximum atomic E-state index is 13.2. The van der Waals surface area contributed by atoms with Crippen molar-refractivity contribution in [2.75, 3.05) is 25.0 Å². The lowest BCUT2D eigenvalue weighted by molar-refractivity contribution is -0.120. The summed E-state index contributed by atoms with van der Waals surface area (Å²) in [5.74, 6) is 1.12. The number of benzene rings is 3. The average molecular weight is 481 g/mol. The van der Waals surface area contributed by atoms with Crippen LogP contribution in [0.15, 0.2) is 83.8 Å². The molecule has 0 aliphatic carbocycles. The number of piperidine rings is 1. The van der Waals surface area contributed by atoms with Gasteiger partial charge in [-0.15, -0.1) is 0 Å². The normalized spacial score (nSPS) is 16.6. The van der Waals surface area contributed by atoms with E-state index < -0.39 is 15.9 Å². The summed E-state index contributed by atoms with van der Waals surface area (Å²) in [7, 11) is -3.71. The molecule has 1 N–H and O–H groups in total. The Labute approximate surface area is 200 Å². The van der Waals surface area contributed by atoms with Crippen molar-refractivity contribution in [1.82, 2.24) is 4.31 Å². The van der Waals surface area contributed by atoms with Crippen LogP contribution < -0.4 is 14.8 Å². The Hall–Kier alpha value is -3.36. The molecule has 34 heavy (non-hydrogen) atoms. The maximum Gasteiger partial charge on any atom is 0.243 e. The van der Waals surface area contributed by atoms with Gasteiger partial charge in [-0.1, -0.05) is 30.3 Å². The van der Waals surface area contributed by atoms with Crippen molar-refractivity contribution in [3.63, 3.8) is 0 Å². The summed E-state index contributed by atoms with van der Waals surface area (Å²) >= 11 is 0. The van der Waals surface area contributed by atoms with Crippen LogP contribution in [-0.2, 0) is 14.8 Å². The van der Waals surface area contributed by atoms with Gasteiger partial charge in [0.05, 0.1) is 23.1 Å². The van der Waals surface area contributed by atoms with Crippen LogP contribution in [0.3, 0.4) is 0 Å². The molecule has 3 aromatic carbocycles. The molecule has 178 valence electrons. The molecule has 0 unspecified atom stereocenters. The van der Waals surface area contributed by atoms with Gasteiger partial charge in [0.1, 0.15) is 11.5 Å². The second-order valence-electron chi connectivity index (χ2n) is 8.01. The first-order valence-electron chi connectivity index (χ1n) is 11.3. The van der Waals surface area contributed by atoms with E-state index in [1.54, 1.807) is 36.4 Å². The van der Waals surface area contributed by atoms with Crippen LogP contribution in [-0.4, -0.2) is 38.3 Å². The van der Waals surface area contributed by atoms with E-state index in [2.05, 4.69) is 5.32 Å². The molecule has 0 spiro atoms. The lowest BCUT2D eigenvalue weighted by atomic mass is 9.98. The molecule has 3 aromatic rings. The number of sulfonamides is 1. The number of amides is 1. The van der Waals surface area contributed by atoms with Crippen LogP contribution in [0.2, 0.25) is 0 Å². The molecule has 1 fully saturated rings. The highest BCUT2D eigenvalue weighted by molar-refractivity contribution is 7.89. The largest absolute Gasteiger partial charge is 0.494 e. The van der Waals surface area contributed by atoms with E-state index in [0.717, 1.165) is 0 Å². The number of ether oxygens (including phenoxy) is 2. The summed E-state index contributed by atoms with van der Waals surface area (Å²) in [5.41, 5.74) is 0.544. The number of anilines is 1. The molecule has 4 rings (SSSR count). The minimum Gasteiger partial charge on any atom is -0.494 e. The summed E-state index contributed by atoms with van der Waals surface area (Å²) in [5, 5.41) is 2.93. The van der Waals surface area contributed by atoms with Gasteiger partial charge in [-0.2, -0.15) is 4.31 Å². The van der Waals surface area contributed by atoms with Crippen molar-refractivity contribution in [2.45, 2.75) is 24.7 Å². The van der Waals surface area contributed by atoms with Crippen LogP contribution in [0, 0.1) is 5.92 Å². The molecule has 0 radical (unpaired) electrons. The number of nitrogens with zero attached hydrogens (tertiary/aromatic N) is 1. The first-order valence-corrected chi connectivity index (χ1v) is 12.8. The van der Waals surface area contributed by atoms with Gasteiger partial charge in [0.25, 0.3) is 0 Å². The van der Waals surface area contributed by atoms with Gasteiger partial charge in [-0.3, -0.25) is 4.79 Å². The van der Waals surface area contributed by atoms with Gasteiger partial charge in [0.15, 0.2) is 5.75 Å². The van der Waals surface area contributed by atoms with E-state index in [0.29, 0.717) is 48.9 Å². The number of hydrogen-bond donors (Lipinski definition) is 1. The molecule has 1 amide bonds. The van der Waals surface area contributed by atoms with Crippen LogP contribution in [0.5, 0.6) is 17.2 Å². The predicted octanol–water partition coefficient (Wildman–Crippen LogP) is 4.92. The smallest absolute Gasteiger partial charge is 0.243 e. The maximum absolute atomic E-state index is 13.2. The van der Waals surface area contributed by atoms with Crippen LogP contribution in [0.1, 0.15) is 19.8 Å². The number of hydrogen-bond acceptors (Lipinski definition) is 5. The zero-order chi connectivity index (χ0) is 24.0. The molecule has 0 saturated carbocycles. The first-order chi connectivity index (χ1) is 16.5. The van der Waals surface area contributed by atoms with E-state index in [1.807, 2.05) is 49.4 Å². The van der Waals surface area contributed by atoms with E-state index in [4.69, 9.17) is 9.47 Å². The monoisotopic (exact) mass is 480 g/mol. The topological polar surface area (TPSA) is 84.9 Å². The Morgan fingerprint density at radius 2 is 1.68 bits per heavy atom. The number of rotatable bonds is 8. The molecule has 1 heterocycles.